The average Bonchev–Trinajstić information content (AvgIpc) is 1.71. The SMILES string of the molecule is CCC(C)CCCCCCCCC(=O)O[C@H](COC(=O)CCCCCCCCCC(C)C)COP(=O)(O)OCC(O)COP(=O)(O)OC[C@@H](COC(=O)CCCCCCCCCCCCCCCCC(C)C)OC(=O)CCCCCCCCCCCCCCCCCC(C)C. The van der Waals surface area contributed by atoms with E-state index in [-0.39, 0.29) is 25.7 Å². The zero-order valence-corrected chi connectivity index (χ0v) is 64.1. The predicted molar refractivity (Wildman–Crippen MR) is 386 cm³/mol. The van der Waals surface area contributed by atoms with Gasteiger partial charge in [-0.3, -0.25) is 37.3 Å². The van der Waals surface area contributed by atoms with E-state index in [1.807, 2.05) is 0 Å². The summed E-state index contributed by atoms with van der Waals surface area (Å²) in [5, 5.41) is 10.6. The molecule has 564 valence electrons. The second-order valence-electron chi connectivity index (χ2n) is 29.1. The van der Waals surface area contributed by atoms with E-state index in [4.69, 9.17) is 37.0 Å². The minimum Gasteiger partial charge on any atom is -0.462 e. The summed E-state index contributed by atoms with van der Waals surface area (Å²) in [7, 11) is -9.91. The van der Waals surface area contributed by atoms with Gasteiger partial charge in [0.05, 0.1) is 26.4 Å². The number of phosphoric ester groups is 2. The van der Waals surface area contributed by atoms with Gasteiger partial charge in [0.1, 0.15) is 19.3 Å². The van der Waals surface area contributed by atoms with Gasteiger partial charge in [-0.2, -0.15) is 0 Å². The smallest absolute Gasteiger partial charge is 0.462 e. The lowest BCUT2D eigenvalue weighted by Gasteiger charge is -2.21. The van der Waals surface area contributed by atoms with Gasteiger partial charge in [-0.1, -0.05) is 331 Å². The zero-order valence-electron chi connectivity index (χ0n) is 62.3. The number of rotatable bonds is 73. The van der Waals surface area contributed by atoms with Gasteiger partial charge in [0.2, 0.25) is 0 Å². The van der Waals surface area contributed by atoms with Crippen molar-refractivity contribution in [3.63, 3.8) is 0 Å². The van der Waals surface area contributed by atoms with Crippen LogP contribution in [0.1, 0.15) is 383 Å². The fourth-order valence-electron chi connectivity index (χ4n) is 11.5. The number of aliphatic hydroxyl groups is 1. The minimum atomic E-state index is -4.96. The van der Waals surface area contributed by atoms with Crippen molar-refractivity contribution in [3.05, 3.63) is 0 Å². The first-order chi connectivity index (χ1) is 45.6. The molecule has 0 aliphatic rings. The van der Waals surface area contributed by atoms with Crippen molar-refractivity contribution < 1.29 is 80.2 Å². The summed E-state index contributed by atoms with van der Waals surface area (Å²) in [6, 6.07) is 0. The van der Waals surface area contributed by atoms with E-state index in [2.05, 4.69) is 55.4 Å². The quantitative estimate of drug-likeness (QED) is 0.0222. The van der Waals surface area contributed by atoms with E-state index in [0.717, 1.165) is 114 Å². The maximum atomic E-state index is 13.1. The lowest BCUT2D eigenvalue weighted by atomic mass is 10.00. The van der Waals surface area contributed by atoms with Crippen LogP contribution in [0.3, 0.4) is 0 Å². The third-order valence-corrected chi connectivity index (χ3v) is 19.8. The van der Waals surface area contributed by atoms with Crippen LogP contribution in [0.4, 0.5) is 0 Å². The molecule has 0 rings (SSSR count). The molecule has 0 radical (unpaired) electrons. The van der Waals surface area contributed by atoms with E-state index in [9.17, 15) is 43.2 Å². The van der Waals surface area contributed by atoms with Crippen LogP contribution in [0.2, 0.25) is 0 Å². The Hall–Kier alpha value is -1.94. The topological polar surface area (TPSA) is 237 Å². The molecular formula is C76H148O17P2. The summed E-state index contributed by atoms with van der Waals surface area (Å²) in [5.41, 5.74) is 0. The molecule has 0 saturated carbocycles. The van der Waals surface area contributed by atoms with Gasteiger partial charge < -0.3 is 33.8 Å². The Labute approximate surface area is 581 Å². The van der Waals surface area contributed by atoms with E-state index in [1.165, 1.54) is 180 Å². The van der Waals surface area contributed by atoms with Crippen LogP contribution in [0.5, 0.6) is 0 Å². The van der Waals surface area contributed by atoms with Gasteiger partial charge in [-0.15, -0.1) is 0 Å². The first-order valence-corrected chi connectivity index (χ1v) is 42.2. The Morgan fingerprint density at radius 3 is 0.747 bits per heavy atom. The number of ether oxygens (including phenoxy) is 4. The molecule has 0 fully saturated rings. The second-order valence-corrected chi connectivity index (χ2v) is 32.0. The molecule has 4 unspecified atom stereocenters. The maximum Gasteiger partial charge on any atom is 0.472 e. The molecule has 0 spiro atoms. The Morgan fingerprint density at radius 2 is 0.505 bits per heavy atom. The minimum absolute atomic E-state index is 0.102. The first kappa shape index (κ1) is 93.1. The fraction of sp³-hybridized carbons (Fsp3) is 0.947. The number of esters is 4. The van der Waals surface area contributed by atoms with E-state index in [1.54, 1.807) is 0 Å². The van der Waals surface area contributed by atoms with Crippen LogP contribution in [0, 0.1) is 23.7 Å². The molecule has 0 aromatic carbocycles. The van der Waals surface area contributed by atoms with E-state index < -0.39 is 97.5 Å². The number of hydrogen-bond acceptors (Lipinski definition) is 15. The molecular weight excluding hydrogens is 1250 g/mol. The molecule has 0 heterocycles. The Bertz CT molecular complexity index is 1870. The largest absolute Gasteiger partial charge is 0.472 e. The molecule has 0 saturated heterocycles. The van der Waals surface area contributed by atoms with Crippen LogP contribution in [-0.4, -0.2) is 96.7 Å². The highest BCUT2D eigenvalue weighted by Crippen LogP contribution is 2.45. The van der Waals surface area contributed by atoms with Crippen LogP contribution >= 0.6 is 15.6 Å². The molecule has 19 heteroatoms. The predicted octanol–water partition coefficient (Wildman–Crippen LogP) is 22.0. The molecule has 6 atom stereocenters. The van der Waals surface area contributed by atoms with Crippen LogP contribution in [-0.2, 0) is 65.4 Å². The number of aliphatic hydroxyl groups excluding tert-OH is 1. The number of unbranched alkanes of at least 4 members (excludes halogenated alkanes) is 38. The molecule has 0 aromatic heterocycles. The molecule has 0 amide bonds. The van der Waals surface area contributed by atoms with Crippen molar-refractivity contribution >= 4 is 39.5 Å². The van der Waals surface area contributed by atoms with Crippen molar-refractivity contribution in [3.8, 4) is 0 Å². The van der Waals surface area contributed by atoms with Crippen LogP contribution < -0.4 is 0 Å². The zero-order chi connectivity index (χ0) is 70.3. The first-order valence-electron chi connectivity index (χ1n) is 39.2. The summed E-state index contributed by atoms with van der Waals surface area (Å²) >= 11 is 0. The van der Waals surface area contributed by atoms with Gasteiger partial charge in [0.25, 0.3) is 0 Å². The fourth-order valence-corrected chi connectivity index (χ4v) is 13.1. The number of carbonyl (C=O) groups is 4. The number of hydrogen-bond donors (Lipinski definition) is 3. The highest BCUT2D eigenvalue weighted by molar-refractivity contribution is 7.47. The maximum absolute atomic E-state index is 13.1. The molecule has 0 aliphatic heterocycles. The molecule has 0 aliphatic carbocycles. The lowest BCUT2D eigenvalue weighted by molar-refractivity contribution is -0.161. The normalized spacial score (nSPS) is 14.4. The highest BCUT2D eigenvalue weighted by Gasteiger charge is 2.30. The Balaban J connectivity index is 5.23. The number of carbonyl (C=O) groups excluding carboxylic acids is 4. The summed E-state index contributed by atoms with van der Waals surface area (Å²) < 4.78 is 68.5. The highest BCUT2D eigenvalue weighted by atomic mass is 31.2. The molecule has 0 bridgehead atoms. The Morgan fingerprint density at radius 1 is 0.295 bits per heavy atom. The summed E-state index contributed by atoms with van der Waals surface area (Å²) in [6.07, 6.45) is 50.1. The van der Waals surface area contributed by atoms with Gasteiger partial charge >= 0.3 is 39.5 Å². The van der Waals surface area contributed by atoms with Gasteiger partial charge in [-0.25, -0.2) is 9.13 Å². The van der Waals surface area contributed by atoms with E-state index in [0.29, 0.717) is 31.6 Å². The average molecular weight is 1400 g/mol. The van der Waals surface area contributed by atoms with Crippen LogP contribution in [0.15, 0.2) is 0 Å². The second kappa shape index (κ2) is 65.4. The van der Waals surface area contributed by atoms with Crippen molar-refractivity contribution in [1.29, 1.82) is 0 Å². The van der Waals surface area contributed by atoms with Crippen molar-refractivity contribution in [1.82, 2.24) is 0 Å². The third kappa shape index (κ3) is 69.0. The third-order valence-electron chi connectivity index (χ3n) is 17.9. The monoisotopic (exact) mass is 1400 g/mol. The summed E-state index contributed by atoms with van der Waals surface area (Å²) in [6.45, 7) is 14.1. The van der Waals surface area contributed by atoms with Crippen molar-refractivity contribution in [2.45, 2.75) is 401 Å². The Kier molecular flexibility index (Phi) is 64.0. The van der Waals surface area contributed by atoms with Gasteiger partial charge in [0, 0.05) is 25.7 Å². The van der Waals surface area contributed by atoms with Crippen LogP contribution in [0.25, 0.3) is 0 Å². The lowest BCUT2D eigenvalue weighted by Crippen LogP contribution is -2.30. The van der Waals surface area contributed by atoms with Crippen molar-refractivity contribution in [2.24, 2.45) is 23.7 Å². The van der Waals surface area contributed by atoms with Gasteiger partial charge in [0.15, 0.2) is 12.2 Å². The molecule has 0 aromatic rings. The summed E-state index contributed by atoms with van der Waals surface area (Å²) in [5.74, 6) is 0.903. The summed E-state index contributed by atoms with van der Waals surface area (Å²) in [4.78, 5) is 72.8. The number of phosphoric acid groups is 2. The van der Waals surface area contributed by atoms with Crippen molar-refractivity contribution in [2.75, 3.05) is 39.6 Å². The van der Waals surface area contributed by atoms with Gasteiger partial charge in [-0.05, 0) is 49.4 Å². The molecule has 17 nitrogen and oxygen atoms in total. The molecule has 3 N–H and O–H groups in total. The standard InChI is InChI=1S/C76H148O17P2/c1-9-69(8)55-47-39-34-35-43-51-59-76(81)93-72(63-87-74(79)57-49-41-33-27-30-38-46-54-68(6)7)65-91-95(84,85)89-61-70(77)60-88-94(82,83)90-64-71(62-86-73(78)56-48-40-31-25-21-17-14-13-16-20-24-29-37-45-53-67(4)5)92-75(80)58-50-42-32-26-22-18-12-10-11-15-19-23-28-36-44-52-66(2)3/h66-72,77H,9-65H2,1-8H3,(H,82,83)(H,84,85)/t69?,70?,71-,72-/m1/s1. The van der Waals surface area contributed by atoms with E-state index >= 15 is 0 Å². The molecule has 95 heavy (non-hydrogen) atoms.